The Bertz CT molecular complexity index is 933. The molecular weight excluding hydrogens is 310 g/mol. The lowest BCUT2D eigenvalue weighted by Crippen LogP contribution is -2.17. The van der Waals surface area contributed by atoms with E-state index in [1.54, 1.807) is 12.3 Å². The average molecular weight is 327 g/mol. The van der Waals surface area contributed by atoms with Gasteiger partial charge in [-0.15, -0.1) is 11.3 Å². The van der Waals surface area contributed by atoms with E-state index >= 15 is 0 Å². The number of aromatic amines is 2. The van der Waals surface area contributed by atoms with Crippen LogP contribution in [0, 0.1) is 6.92 Å². The SMILES string of the molecule is C=C/C=C\N(C)Cc1nc2cc(-c3cn[nH]c3C)sc2c(=O)[nH]1. The van der Waals surface area contributed by atoms with E-state index in [1.165, 1.54) is 11.3 Å². The molecule has 0 bridgehead atoms. The number of aromatic nitrogens is 4. The Morgan fingerprint density at radius 3 is 3.00 bits per heavy atom. The van der Waals surface area contributed by atoms with Crippen LogP contribution in [0.2, 0.25) is 0 Å². The van der Waals surface area contributed by atoms with Crippen LogP contribution in [-0.4, -0.2) is 32.1 Å². The van der Waals surface area contributed by atoms with Crippen molar-refractivity contribution >= 4 is 21.6 Å². The number of hydrogen-bond acceptors (Lipinski definition) is 5. The van der Waals surface area contributed by atoms with Gasteiger partial charge in [0, 0.05) is 23.2 Å². The van der Waals surface area contributed by atoms with Crippen LogP contribution in [0.15, 0.2) is 42.0 Å². The molecule has 0 saturated heterocycles. The molecular formula is C16H17N5OS. The van der Waals surface area contributed by atoms with Crippen molar-refractivity contribution in [1.82, 2.24) is 25.1 Å². The Kier molecular flexibility index (Phi) is 4.12. The molecule has 23 heavy (non-hydrogen) atoms. The van der Waals surface area contributed by atoms with Gasteiger partial charge >= 0.3 is 0 Å². The predicted octanol–water partition coefficient (Wildman–Crippen LogP) is 2.81. The fraction of sp³-hybridized carbons (Fsp3) is 0.188. The molecule has 3 rings (SSSR count). The normalized spacial score (nSPS) is 11.4. The summed E-state index contributed by atoms with van der Waals surface area (Å²) in [4.78, 5) is 22.6. The zero-order valence-corrected chi connectivity index (χ0v) is 13.8. The summed E-state index contributed by atoms with van der Waals surface area (Å²) in [6.45, 7) is 6.11. The lowest BCUT2D eigenvalue weighted by molar-refractivity contribution is 0.436. The minimum Gasteiger partial charge on any atom is -0.373 e. The van der Waals surface area contributed by atoms with Crippen LogP contribution in [0.5, 0.6) is 0 Å². The number of aryl methyl sites for hydroxylation is 1. The standard InChI is InChI=1S/C16H17N5OS/c1-4-5-6-21(3)9-14-18-12-7-13(11-8-17-20-10(11)2)23-15(12)16(22)19-14/h4-8H,1,9H2,2-3H3,(H,17,20)(H,18,19,22)/b6-5-. The zero-order chi connectivity index (χ0) is 16.4. The van der Waals surface area contributed by atoms with Crippen molar-refractivity contribution in [2.75, 3.05) is 7.05 Å². The molecule has 0 radical (unpaired) electrons. The number of thiophene rings is 1. The third kappa shape index (κ3) is 3.09. The van der Waals surface area contributed by atoms with Gasteiger partial charge in [-0.3, -0.25) is 9.89 Å². The molecule has 0 aliphatic heterocycles. The van der Waals surface area contributed by atoms with Crippen LogP contribution in [0.4, 0.5) is 0 Å². The Hall–Kier alpha value is -2.67. The minimum absolute atomic E-state index is 0.108. The van der Waals surface area contributed by atoms with Crippen LogP contribution in [-0.2, 0) is 6.54 Å². The van der Waals surface area contributed by atoms with Gasteiger partial charge in [-0.05, 0) is 25.3 Å². The molecule has 0 aliphatic rings. The number of rotatable bonds is 5. The monoisotopic (exact) mass is 327 g/mol. The molecule has 3 aromatic heterocycles. The smallest absolute Gasteiger partial charge is 0.268 e. The summed E-state index contributed by atoms with van der Waals surface area (Å²) in [5, 5.41) is 6.94. The maximum atomic E-state index is 12.3. The van der Waals surface area contributed by atoms with E-state index < -0.39 is 0 Å². The number of fused-ring (bicyclic) bond motifs is 1. The summed E-state index contributed by atoms with van der Waals surface area (Å²) in [5.41, 5.74) is 2.58. The first-order chi connectivity index (χ1) is 11.1. The highest BCUT2D eigenvalue weighted by atomic mass is 32.1. The van der Waals surface area contributed by atoms with Gasteiger partial charge in [0.05, 0.1) is 18.3 Å². The van der Waals surface area contributed by atoms with E-state index in [4.69, 9.17) is 0 Å². The van der Waals surface area contributed by atoms with Crippen LogP contribution in [0.1, 0.15) is 11.5 Å². The van der Waals surface area contributed by atoms with E-state index in [9.17, 15) is 4.79 Å². The van der Waals surface area contributed by atoms with Crippen LogP contribution < -0.4 is 5.56 Å². The summed E-state index contributed by atoms with van der Waals surface area (Å²) in [5.74, 6) is 0.631. The molecule has 0 saturated carbocycles. The minimum atomic E-state index is -0.108. The Morgan fingerprint density at radius 1 is 1.48 bits per heavy atom. The third-order valence-corrected chi connectivity index (χ3v) is 4.56. The molecule has 7 heteroatoms. The third-order valence-electron chi connectivity index (χ3n) is 3.40. The van der Waals surface area contributed by atoms with Gasteiger partial charge in [0.15, 0.2) is 0 Å². The molecule has 2 N–H and O–H groups in total. The Labute approximate surface area is 137 Å². The lowest BCUT2D eigenvalue weighted by atomic mass is 10.2. The maximum Gasteiger partial charge on any atom is 0.268 e. The number of allylic oxidation sites excluding steroid dienone is 2. The second-order valence-electron chi connectivity index (χ2n) is 5.24. The highest BCUT2D eigenvalue weighted by Gasteiger charge is 2.13. The highest BCUT2D eigenvalue weighted by Crippen LogP contribution is 2.31. The van der Waals surface area contributed by atoms with E-state index in [-0.39, 0.29) is 5.56 Å². The first kappa shape index (κ1) is 15.2. The lowest BCUT2D eigenvalue weighted by Gasteiger charge is -2.12. The second kappa shape index (κ2) is 6.21. The van der Waals surface area contributed by atoms with Gasteiger partial charge in [0.25, 0.3) is 5.56 Å². The van der Waals surface area contributed by atoms with Crippen molar-refractivity contribution in [2.24, 2.45) is 0 Å². The van der Waals surface area contributed by atoms with Crippen molar-refractivity contribution in [3.8, 4) is 10.4 Å². The van der Waals surface area contributed by atoms with E-state index in [2.05, 4.69) is 26.7 Å². The second-order valence-corrected chi connectivity index (χ2v) is 6.29. The average Bonchev–Trinajstić information content (AvgIpc) is 3.11. The predicted molar refractivity (Wildman–Crippen MR) is 93.4 cm³/mol. The van der Waals surface area contributed by atoms with Crippen molar-refractivity contribution in [1.29, 1.82) is 0 Å². The topological polar surface area (TPSA) is 77.7 Å². The summed E-state index contributed by atoms with van der Waals surface area (Å²) in [6, 6.07) is 1.94. The van der Waals surface area contributed by atoms with E-state index in [0.717, 1.165) is 16.1 Å². The maximum absolute atomic E-state index is 12.3. The molecule has 3 heterocycles. The molecule has 6 nitrogen and oxygen atoms in total. The van der Waals surface area contributed by atoms with E-state index in [0.29, 0.717) is 22.6 Å². The first-order valence-corrected chi connectivity index (χ1v) is 7.92. The summed E-state index contributed by atoms with van der Waals surface area (Å²) in [6.07, 6.45) is 7.18. The molecule has 0 fully saturated rings. The van der Waals surface area contributed by atoms with Crippen molar-refractivity contribution < 1.29 is 0 Å². The molecule has 0 unspecified atom stereocenters. The van der Waals surface area contributed by atoms with Crippen molar-refractivity contribution in [2.45, 2.75) is 13.5 Å². The number of hydrogen-bond donors (Lipinski definition) is 2. The first-order valence-electron chi connectivity index (χ1n) is 7.11. The fourth-order valence-electron chi connectivity index (χ4n) is 2.29. The molecule has 0 amide bonds. The van der Waals surface area contributed by atoms with Gasteiger partial charge in [-0.2, -0.15) is 5.10 Å². The number of H-pyrrole nitrogens is 2. The Morgan fingerprint density at radius 2 is 2.30 bits per heavy atom. The quantitative estimate of drug-likeness (QED) is 0.706. The summed E-state index contributed by atoms with van der Waals surface area (Å²) in [7, 11) is 1.91. The van der Waals surface area contributed by atoms with Gasteiger partial charge < -0.3 is 9.88 Å². The van der Waals surface area contributed by atoms with Gasteiger partial charge in [0.2, 0.25) is 0 Å². The molecule has 3 aromatic rings. The van der Waals surface area contributed by atoms with E-state index in [1.807, 2.05) is 37.2 Å². The Balaban J connectivity index is 1.98. The van der Waals surface area contributed by atoms with Gasteiger partial charge in [0.1, 0.15) is 10.5 Å². The van der Waals surface area contributed by atoms with Gasteiger partial charge in [-0.1, -0.05) is 12.7 Å². The molecule has 0 spiro atoms. The summed E-state index contributed by atoms with van der Waals surface area (Å²) >= 11 is 1.43. The summed E-state index contributed by atoms with van der Waals surface area (Å²) < 4.78 is 0.633. The van der Waals surface area contributed by atoms with Crippen molar-refractivity contribution in [3.05, 3.63) is 59.1 Å². The van der Waals surface area contributed by atoms with Crippen LogP contribution in [0.25, 0.3) is 20.7 Å². The van der Waals surface area contributed by atoms with Gasteiger partial charge in [-0.25, -0.2) is 4.98 Å². The molecule has 118 valence electrons. The highest BCUT2D eigenvalue weighted by molar-refractivity contribution is 7.22. The number of nitrogens with one attached hydrogen (secondary N) is 2. The molecule has 0 aromatic carbocycles. The zero-order valence-electron chi connectivity index (χ0n) is 13.0. The van der Waals surface area contributed by atoms with Crippen LogP contribution >= 0.6 is 11.3 Å². The van der Waals surface area contributed by atoms with Crippen LogP contribution in [0.3, 0.4) is 0 Å². The largest absolute Gasteiger partial charge is 0.373 e. The molecule has 0 atom stereocenters. The van der Waals surface area contributed by atoms with Crippen molar-refractivity contribution in [3.63, 3.8) is 0 Å². The number of nitrogens with zero attached hydrogens (tertiary/aromatic N) is 3. The molecule has 0 aliphatic carbocycles. The fourth-order valence-corrected chi connectivity index (χ4v) is 3.35.